The third-order valence-corrected chi connectivity index (χ3v) is 2.06. The number of carbonyl (C=O) groups is 1. The van der Waals surface area contributed by atoms with E-state index in [-0.39, 0.29) is 5.97 Å². The van der Waals surface area contributed by atoms with E-state index in [0.29, 0.717) is 18.7 Å². The number of rotatable bonds is 4. The van der Waals surface area contributed by atoms with Crippen molar-refractivity contribution in [3.63, 3.8) is 0 Å². The lowest BCUT2D eigenvalue weighted by molar-refractivity contribution is 0.0491. The number of ether oxygens (including phenoxy) is 1. The predicted molar refractivity (Wildman–Crippen MR) is 56.7 cm³/mol. The van der Waals surface area contributed by atoms with E-state index in [0.717, 1.165) is 0 Å². The van der Waals surface area contributed by atoms with Crippen molar-refractivity contribution in [2.75, 3.05) is 6.61 Å². The second-order valence-corrected chi connectivity index (χ2v) is 3.17. The topological polar surface area (TPSA) is 57.0 Å². The molecule has 0 amide bonds. The standard InChI is InChI=1S/C11H11N3O2/c15-11(10-1-3-12-4-2-10)16-8-7-14-6-5-13-9-14/h1-6,9H,7-8H2. The molecule has 5 nitrogen and oxygen atoms in total. The Morgan fingerprint density at radius 3 is 2.75 bits per heavy atom. The fourth-order valence-corrected chi connectivity index (χ4v) is 1.23. The summed E-state index contributed by atoms with van der Waals surface area (Å²) in [6, 6.07) is 3.25. The molecular weight excluding hydrogens is 206 g/mol. The maximum Gasteiger partial charge on any atom is 0.338 e. The highest BCUT2D eigenvalue weighted by Gasteiger charge is 2.05. The van der Waals surface area contributed by atoms with Crippen molar-refractivity contribution in [1.82, 2.24) is 14.5 Å². The van der Waals surface area contributed by atoms with E-state index in [1.807, 2.05) is 10.8 Å². The van der Waals surface area contributed by atoms with Gasteiger partial charge in [0, 0.05) is 24.8 Å². The molecule has 2 heterocycles. The molecule has 0 radical (unpaired) electrons. The molecular formula is C11H11N3O2. The number of nitrogens with zero attached hydrogens (tertiary/aromatic N) is 3. The summed E-state index contributed by atoms with van der Waals surface area (Å²) >= 11 is 0. The lowest BCUT2D eigenvalue weighted by Crippen LogP contribution is -2.10. The molecule has 5 heteroatoms. The van der Waals surface area contributed by atoms with Crippen molar-refractivity contribution in [3.8, 4) is 0 Å². The summed E-state index contributed by atoms with van der Waals surface area (Å²) in [7, 11) is 0. The van der Waals surface area contributed by atoms with Crippen LogP contribution in [0.15, 0.2) is 43.2 Å². The predicted octanol–water partition coefficient (Wildman–Crippen LogP) is 1.14. The van der Waals surface area contributed by atoms with Crippen molar-refractivity contribution in [2.24, 2.45) is 0 Å². The minimum Gasteiger partial charge on any atom is -0.460 e. The van der Waals surface area contributed by atoms with Crippen molar-refractivity contribution in [1.29, 1.82) is 0 Å². The monoisotopic (exact) mass is 217 g/mol. The first-order chi connectivity index (χ1) is 7.86. The van der Waals surface area contributed by atoms with Crippen molar-refractivity contribution < 1.29 is 9.53 Å². The van der Waals surface area contributed by atoms with Crippen LogP contribution in [0, 0.1) is 0 Å². The summed E-state index contributed by atoms with van der Waals surface area (Å²) in [5, 5.41) is 0. The first kappa shape index (κ1) is 10.4. The Kier molecular flexibility index (Phi) is 3.28. The van der Waals surface area contributed by atoms with Crippen LogP contribution in [0.1, 0.15) is 10.4 Å². The van der Waals surface area contributed by atoms with E-state index < -0.39 is 0 Å². The Hall–Kier alpha value is -2.17. The van der Waals surface area contributed by atoms with Crippen LogP contribution in [0.5, 0.6) is 0 Å². The Morgan fingerprint density at radius 2 is 2.06 bits per heavy atom. The zero-order valence-electron chi connectivity index (χ0n) is 8.61. The molecule has 0 saturated carbocycles. The fourth-order valence-electron chi connectivity index (χ4n) is 1.23. The molecule has 0 N–H and O–H groups in total. The number of hydrogen-bond acceptors (Lipinski definition) is 4. The van der Waals surface area contributed by atoms with Crippen LogP contribution >= 0.6 is 0 Å². The average molecular weight is 217 g/mol. The Bertz CT molecular complexity index is 440. The number of pyridine rings is 1. The van der Waals surface area contributed by atoms with Gasteiger partial charge in [0.1, 0.15) is 6.61 Å². The third-order valence-electron chi connectivity index (χ3n) is 2.06. The van der Waals surface area contributed by atoms with Crippen LogP contribution < -0.4 is 0 Å². The molecule has 0 unspecified atom stereocenters. The van der Waals surface area contributed by atoms with Gasteiger partial charge in [0.2, 0.25) is 0 Å². The maximum absolute atomic E-state index is 11.5. The average Bonchev–Trinajstić information content (AvgIpc) is 2.83. The number of imidazole rings is 1. The second kappa shape index (κ2) is 5.06. The van der Waals surface area contributed by atoms with E-state index in [1.165, 1.54) is 0 Å². The van der Waals surface area contributed by atoms with Crippen LogP contribution in [0.25, 0.3) is 0 Å². The molecule has 0 saturated heterocycles. The Labute approximate surface area is 92.7 Å². The number of hydrogen-bond donors (Lipinski definition) is 0. The summed E-state index contributed by atoms with van der Waals surface area (Å²) in [5.74, 6) is -0.331. The largest absolute Gasteiger partial charge is 0.460 e. The Balaban J connectivity index is 1.81. The van der Waals surface area contributed by atoms with Crippen LogP contribution in [0.4, 0.5) is 0 Å². The molecule has 0 bridgehead atoms. The summed E-state index contributed by atoms with van der Waals surface area (Å²) in [5.41, 5.74) is 0.514. The molecule has 16 heavy (non-hydrogen) atoms. The zero-order valence-corrected chi connectivity index (χ0v) is 8.61. The molecule has 0 aromatic carbocycles. The van der Waals surface area contributed by atoms with Crippen molar-refractivity contribution >= 4 is 5.97 Å². The van der Waals surface area contributed by atoms with E-state index >= 15 is 0 Å². The summed E-state index contributed by atoms with van der Waals surface area (Å²) < 4.78 is 6.93. The van der Waals surface area contributed by atoms with Gasteiger partial charge in [0.05, 0.1) is 18.4 Å². The van der Waals surface area contributed by atoms with Crippen molar-refractivity contribution in [3.05, 3.63) is 48.8 Å². The molecule has 2 aromatic rings. The van der Waals surface area contributed by atoms with Gasteiger partial charge in [0.25, 0.3) is 0 Å². The van der Waals surface area contributed by atoms with Gasteiger partial charge >= 0.3 is 5.97 Å². The molecule has 0 spiro atoms. The van der Waals surface area contributed by atoms with E-state index in [4.69, 9.17) is 4.74 Å². The molecule has 82 valence electrons. The Morgan fingerprint density at radius 1 is 1.25 bits per heavy atom. The molecule has 0 aliphatic carbocycles. The van der Waals surface area contributed by atoms with Crippen molar-refractivity contribution in [2.45, 2.75) is 6.54 Å². The van der Waals surface area contributed by atoms with Gasteiger partial charge in [-0.3, -0.25) is 4.98 Å². The SMILES string of the molecule is O=C(OCCn1ccnc1)c1ccncc1. The number of esters is 1. The van der Waals surface area contributed by atoms with Gasteiger partial charge in [-0.25, -0.2) is 9.78 Å². The second-order valence-electron chi connectivity index (χ2n) is 3.17. The maximum atomic E-state index is 11.5. The van der Waals surface area contributed by atoms with Gasteiger partial charge in [0.15, 0.2) is 0 Å². The van der Waals surface area contributed by atoms with Crippen LogP contribution in [-0.4, -0.2) is 27.1 Å². The summed E-state index contributed by atoms with van der Waals surface area (Å²) in [6.45, 7) is 0.939. The first-order valence-electron chi connectivity index (χ1n) is 4.89. The highest BCUT2D eigenvalue weighted by atomic mass is 16.5. The quantitative estimate of drug-likeness (QED) is 0.720. The normalized spacial score (nSPS) is 10.0. The molecule has 0 atom stereocenters. The molecule has 2 rings (SSSR count). The highest BCUT2D eigenvalue weighted by molar-refractivity contribution is 5.89. The third kappa shape index (κ3) is 2.66. The van der Waals surface area contributed by atoms with Gasteiger partial charge in [-0.2, -0.15) is 0 Å². The van der Waals surface area contributed by atoms with Gasteiger partial charge in [-0.1, -0.05) is 0 Å². The van der Waals surface area contributed by atoms with Gasteiger partial charge in [-0.05, 0) is 12.1 Å². The van der Waals surface area contributed by atoms with Crippen LogP contribution in [0.2, 0.25) is 0 Å². The van der Waals surface area contributed by atoms with Gasteiger partial charge < -0.3 is 9.30 Å². The minimum atomic E-state index is -0.331. The summed E-state index contributed by atoms with van der Waals surface area (Å²) in [6.07, 6.45) is 8.31. The lowest BCUT2D eigenvalue weighted by atomic mass is 10.3. The highest BCUT2D eigenvalue weighted by Crippen LogP contribution is 1.99. The number of aromatic nitrogens is 3. The van der Waals surface area contributed by atoms with E-state index in [1.54, 1.807) is 37.1 Å². The van der Waals surface area contributed by atoms with Crippen LogP contribution in [-0.2, 0) is 11.3 Å². The fraction of sp³-hybridized carbons (Fsp3) is 0.182. The van der Waals surface area contributed by atoms with E-state index in [2.05, 4.69) is 9.97 Å². The molecule has 0 fully saturated rings. The molecule has 0 aliphatic rings. The first-order valence-corrected chi connectivity index (χ1v) is 4.89. The van der Waals surface area contributed by atoms with E-state index in [9.17, 15) is 4.79 Å². The molecule has 2 aromatic heterocycles. The minimum absolute atomic E-state index is 0.331. The van der Waals surface area contributed by atoms with Crippen LogP contribution in [0.3, 0.4) is 0 Å². The lowest BCUT2D eigenvalue weighted by Gasteiger charge is -2.04. The van der Waals surface area contributed by atoms with Gasteiger partial charge in [-0.15, -0.1) is 0 Å². The smallest absolute Gasteiger partial charge is 0.338 e. The zero-order chi connectivity index (χ0) is 11.2. The molecule has 0 aliphatic heterocycles. The number of carbonyl (C=O) groups excluding carboxylic acids is 1. The summed E-state index contributed by atoms with van der Waals surface area (Å²) in [4.78, 5) is 19.2.